The Morgan fingerprint density at radius 3 is 2.90 bits per heavy atom. The van der Waals surface area contributed by atoms with E-state index in [1.165, 1.54) is 11.3 Å². The number of nitrogens with zero attached hydrogens (tertiary/aromatic N) is 5. The zero-order valence-electron chi connectivity index (χ0n) is 20.8. The molecule has 1 fully saturated rings. The largest absolute Gasteiger partial charge is 0.489 e. The summed E-state index contributed by atoms with van der Waals surface area (Å²) in [5, 5.41) is 16.3. The van der Waals surface area contributed by atoms with Gasteiger partial charge in [0.15, 0.2) is 15.4 Å². The van der Waals surface area contributed by atoms with E-state index in [0.717, 1.165) is 22.1 Å². The number of ether oxygens (including phenoxy) is 1. The van der Waals surface area contributed by atoms with Crippen LogP contribution < -0.4 is 10.1 Å². The predicted molar refractivity (Wildman–Crippen MR) is 146 cm³/mol. The van der Waals surface area contributed by atoms with Crippen molar-refractivity contribution in [2.24, 2.45) is 0 Å². The van der Waals surface area contributed by atoms with Gasteiger partial charge in [0.2, 0.25) is 16.8 Å². The molecule has 13 heteroatoms. The number of rotatable bonds is 8. The van der Waals surface area contributed by atoms with E-state index in [9.17, 15) is 14.7 Å². The van der Waals surface area contributed by atoms with Gasteiger partial charge in [0.1, 0.15) is 24.1 Å². The number of thioether (sulfide) groups is 1. The molecule has 0 radical (unpaired) electrons. The van der Waals surface area contributed by atoms with E-state index < -0.39 is 12.1 Å². The molecule has 1 aliphatic heterocycles. The molecule has 11 nitrogen and oxygen atoms in total. The number of fused-ring (bicyclic) bond motifs is 2. The number of hydrogen-bond acceptors (Lipinski definition) is 9. The molecule has 2 amide bonds. The van der Waals surface area contributed by atoms with Crippen molar-refractivity contribution in [3.63, 3.8) is 0 Å². The Hall–Kier alpha value is -4.10. The highest BCUT2D eigenvalue weighted by Crippen LogP contribution is 2.33. The lowest BCUT2D eigenvalue weighted by Crippen LogP contribution is -2.46. The van der Waals surface area contributed by atoms with Crippen molar-refractivity contribution in [3.8, 4) is 17.3 Å². The number of amides is 2. The van der Waals surface area contributed by atoms with Crippen LogP contribution in [0.5, 0.6) is 5.75 Å². The van der Waals surface area contributed by atoms with Crippen LogP contribution in [0.1, 0.15) is 24.4 Å². The Kier molecular flexibility index (Phi) is 6.83. The van der Waals surface area contributed by atoms with E-state index in [1.54, 1.807) is 51.6 Å². The molecule has 0 aliphatic carbocycles. The zero-order valence-corrected chi connectivity index (χ0v) is 22.4. The number of carboxylic acid groups (broad SMARTS) is 1. The summed E-state index contributed by atoms with van der Waals surface area (Å²) in [6.07, 6.45) is 3.94. The number of likely N-dealkylation sites (tertiary alicyclic amines) is 1. The fraction of sp³-hybridized carbons (Fsp3) is 0.269. The number of aromatic nitrogens is 4. The minimum Gasteiger partial charge on any atom is -0.489 e. The van der Waals surface area contributed by atoms with Crippen LogP contribution in [0.15, 0.2) is 63.5 Å². The SMILES string of the molecule is CSc1nn2c(-c3nc4c(OC[C@H]5CCCN5C(=O)[C@H](NC(=O)O)c5ccccc5)cccc4o3)cnc2s1. The van der Waals surface area contributed by atoms with Crippen molar-refractivity contribution < 1.29 is 23.8 Å². The molecule has 4 heterocycles. The first-order valence-corrected chi connectivity index (χ1v) is 14.3. The molecule has 0 saturated carbocycles. The van der Waals surface area contributed by atoms with Gasteiger partial charge in [-0.2, -0.15) is 4.52 Å². The van der Waals surface area contributed by atoms with Gasteiger partial charge in [0, 0.05) is 6.54 Å². The molecule has 1 saturated heterocycles. The average molecular weight is 565 g/mol. The van der Waals surface area contributed by atoms with Gasteiger partial charge in [-0.3, -0.25) is 4.79 Å². The fourth-order valence-corrected chi connectivity index (χ4v) is 6.09. The molecule has 6 rings (SSSR count). The van der Waals surface area contributed by atoms with Gasteiger partial charge in [-0.1, -0.05) is 59.5 Å². The van der Waals surface area contributed by atoms with E-state index in [-0.39, 0.29) is 18.6 Å². The molecule has 1 aliphatic rings. The van der Waals surface area contributed by atoms with E-state index in [4.69, 9.17) is 9.15 Å². The van der Waals surface area contributed by atoms with Gasteiger partial charge in [-0.25, -0.2) is 14.8 Å². The van der Waals surface area contributed by atoms with Gasteiger partial charge in [-0.15, -0.1) is 5.10 Å². The summed E-state index contributed by atoms with van der Waals surface area (Å²) in [7, 11) is 0. The average Bonchev–Trinajstić information content (AvgIpc) is 3.73. The Bertz CT molecular complexity index is 1650. The monoisotopic (exact) mass is 564 g/mol. The molecular formula is C26H24N6O5S2. The number of hydrogen-bond donors (Lipinski definition) is 2. The minimum absolute atomic E-state index is 0.213. The van der Waals surface area contributed by atoms with Crippen LogP contribution >= 0.6 is 23.1 Å². The maximum Gasteiger partial charge on any atom is 0.405 e. The molecule has 2 atom stereocenters. The van der Waals surface area contributed by atoms with E-state index in [0.29, 0.717) is 40.5 Å². The third kappa shape index (κ3) is 4.90. The van der Waals surface area contributed by atoms with Crippen LogP contribution in [0, 0.1) is 0 Å². The summed E-state index contributed by atoms with van der Waals surface area (Å²) >= 11 is 3.04. The smallest absolute Gasteiger partial charge is 0.405 e. The molecular weight excluding hydrogens is 540 g/mol. The molecule has 2 aromatic carbocycles. The lowest BCUT2D eigenvalue weighted by atomic mass is 10.1. The molecule has 5 aromatic rings. The van der Waals surface area contributed by atoms with E-state index in [1.807, 2.05) is 30.5 Å². The van der Waals surface area contributed by atoms with Crippen LogP contribution in [-0.2, 0) is 4.79 Å². The first-order valence-electron chi connectivity index (χ1n) is 12.3. The van der Waals surface area contributed by atoms with Gasteiger partial charge >= 0.3 is 6.09 Å². The van der Waals surface area contributed by atoms with Gasteiger partial charge in [0.05, 0.1) is 12.2 Å². The Morgan fingerprint density at radius 2 is 2.10 bits per heavy atom. The van der Waals surface area contributed by atoms with Crippen molar-refractivity contribution in [2.75, 3.05) is 19.4 Å². The van der Waals surface area contributed by atoms with Gasteiger partial charge in [0.25, 0.3) is 0 Å². The Labute approximate surface area is 230 Å². The van der Waals surface area contributed by atoms with Crippen molar-refractivity contribution in [2.45, 2.75) is 29.3 Å². The summed E-state index contributed by atoms with van der Waals surface area (Å²) in [6, 6.07) is 13.1. The number of nitrogens with one attached hydrogen (secondary N) is 1. The quantitative estimate of drug-likeness (QED) is 0.257. The number of para-hydroxylation sites is 1. The molecule has 39 heavy (non-hydrogen) atoms. The van der Waals surface area contributed by atoms with Crippen LogP contribution in [0.4, 0.5) is 4.79 Å². The number of benzene rings is 2. The Morgan fingerprint density at radius 1 is 1.26 bits per heavy atom. The molecule has 0 unspecified atom stereocenters. The molecule has 2 N–H and O–H groups in total. The summed E-state index contributed by atoms with van der Waals surface area (Å²) in [5.41, 5.74) is 2.37. The number of oxazole rings is 1. The molecule has 0 spiro atoms. The predicted octanol–water partition coefficient (Wildman–Crippen LogP) is 4.70. The first-order chi connectivity index (χ1) is 19.0. The van der Waals surface area contributed by atoms with Crippen molar-refractivity contribution in [3.05, 3.63) is 60.3 Å². The topological polar surface area (TPSA) is 135 Å². The lowest BCUT2D eigenvalue weighted by Gasteiger charge is -2.29. The highest BCUT2D eigenvalue weighted by molar-refractivity contribution is 8.00. The third-order valence-electron chi connectivity index (χ3n) is 6.58. The first kappa shape index (κ1) is 25.2. The van der Waals surface area contributed by atoms with Crippen LogP contribution in [-0.4, -0.2) is 67.0 Å². The van der Waals surface area contributed by atoms with E-state index >= 15 is 0 Å². The molecule has 3 aromatic heterocycles. The van der Waals surface area contributed by atoms with Crippen LogP contribution in [0.3, 0.4) is 0 Å². The second-order valence-electron chi connectivity index (χ2n) is 8.96. The molecule has 200 valence electrons. The number of imidazole rings is 1. The van der Waals surface area contributed by atoms with Gasteiger partial charge in [-0.05, 0) is 36.8 Å². The Balaban J connectivity index is 1.22. The second kappa shape index (κ2) is 10.6. The second-order valence-corrected chi connectivity index (χ2v) is 11.0. The highest BCUT2D eigenvalue weighted by atomic mass is 32.2. The third-order valence-corrected chi connectivity index (χ3v) is 8.48. The standard InChI is InChI=1S/C26H24N6O5S2/c1-38-26-30-32-17(13-27-24(32)39-26)22-28-21-18(10-5-11-19(21)37-22)36-14-16-9-6-12-31(16)23(33)20(29-25(34)35)15-7-3-2-4-8-15/h2-5,7-8,10-11,13,16,20,29H,6,9,12,14H2,1H3,(H,34,35)/t16-,20-/m1/s1. The number of carbonyl (C=O) groups excluding carboxylic acids is 1. The normalized spacial score (nSPS) is 16.1. The fourth-order valence-electron chi connectivity index (χ4n) is 4.76. The van der Waals surface area contributed by atoms with Crippen LogP contribution in [0.2, 0.25) is 0 Å². The number of carbonyl (C=O) groups is 2. The maximum absolute atomic E-state index is 13.5. The maximum atomic E-state index is 13.5. The van der Waals surface area contributed by atoms with Crippen LogP contribution in [0.25, 0.3) is 27.6 Å². The summed E-state index contributed by atoms with van der Waals surface area (Å²) < 4.78 is 14.8. The van der Waals surface area contributed by atoms with Crippen molar-refractivity contribution in [1.29, 1.82) is 0 Å². The summed E-state index contributed by atoms with van der Waals surface area (Å²) in [5.74, 6) is 0.623. The summed E-state index contributed by atoms with van der Waals surface area (Å²) in [4.78, 5) is 36.5. The minimum atomic E-state index is -1.25. The van der Waals surface area contributed by atoms with Crippen molar-refractivity contribution >= 4 is 51.2 Å². The van der Waals surface area contributed by atoms with Gasteiger partial charge < -0.3 is 24.5 Å². The van der Waals surface area contributed by atoms with Crippen molar-refractivity contribution in [1.82, 2.24) is 29.8 Å². The molecule has 0 bridgehead atoms. The zero-order chi connectivity index (χ0) is 26.9. The highest BCUT2D eigenvalue weighted by Gasteiger charge is 2.35. The summed E-state index contributed by atoms with van der Waals surface area (Å²) in [6.45, 7) is 0.764. The lowest BCUT2D eigenvalue weighted by molar-refractivity contribution is -0.134. The van der Waals surface area contributed by atoms with E-state index in [2.05, 4.69) is 20.4 Å².